The Bertz CT molecular complexity index is 848. The number of aromatic amines is 1. The van der Waals surface area contributed by atoms with Gasteiger partial charge in [0.25, 0.3) is 5.56 Å². The Labute approximate surface area is 141 Å². The fourth-order valence-electron chi connectivity index (χ4n) is 3.35. The lowest BCUT2D eigenvalue weighted by molar-refractivity contribution is 0.201. The molecule has 24 heavy (non-hydrogen) atoms. The molecule has 128 valence electrons. The molecule has 0 spiro atoms. The molecule has 1 unspecified atom stereocenters. The van der Waals surface area contributed by atoms with Crippen molar-refractivity contribution < 1.29 is 4.79 Å². The second kappa shape index (κ2) is 5.75. The monoisotopic (exact) mass is 329 g/mol. The number of fused-ring (bicyclic) bond motifs is 1. The van der Waals surface area contributed by atoms with Crippen molar-refractivity contribution in [2.45, 2.75) is 52.0 Å². The maximum absolute atomic E-state index is 12.6. The van der Waals surface area contributed by atoms with Gasteiger partial charge >= 0.3 is 0 Å². The number of aryl methyl sites for hydroxylation is 1. The second-order valence-electron chi connectivity index (χ2n) is 7.62. The maximum Gasteiger partial charge on any atom is 0.262 e. The SMILES string of the molecule is BC(=O)N1CCCC(c2nc3c(c(C)nn3C(C)(C)C)c(=O)[nH]2)C1. The van der Waals surface area contributed by atoms with E-state index in [1.807, 2.05) is 37.3 Å². The summed E-state index contributed by atoms with van der Waals surface area (Å²) in [6.07, 6.45) is 1.84. The molecule has 0 bridgehead atoms. The first-order chi connectivity index (χ1) is 11.2. The predicted octanol–water partition coefficient (Wildman–Crippen LogP) is 1.12. The lowest BCUT2D eigenvalue weighted by Gasteiger charge is -2.31. The third-order valence-electron chi connectivity index (χ3n) is 4.62. The molecule has 1 aliphatic rings. The number of nitrogens with zero attached hydrogens (tertiary/aromatic N) is 4. The van der Waals surface area contributed by atoms with Crippen molar-refractivity contribution in [1.82, 2.24) is 24.6 Å². The van der Waals surface area contributed by atoms with Gasteiger partial charge in [0.2, 0.25) is 7.85 Å². The van der Waals surface area contributed by atoms with E-state index in [0.717, 1.165) is 19.4 Å². The first kappa shape index (κ1) is 16.7. The number of carbonyl (C=O) groups is 1. The minimum atomic E-state index is -0.261. The van der Waals surface area contributed by atoms with E-state index in [9.17, 15) is 9.59 Å². The molecular weight excluding hydrogens is 305 g/mol. The van der Waals surface area contributed by atoms with Crippen LogP contribution >= 0.6 is 0 Å². The summed E-state index contributed by atoms with van der Waals surface area (Å²) < 4.78 is 1.82. The van der Waals surface area contributed by atoms with Crippen LogP contribution in [0.1, 0.15) is 51.0 Å². The van der Waals surface area contributed by atoms with E-state index >= 15 is 0 Å². The second-order valence-corrected chi connectivity index (χ2v) is 7.62. The van der Waals surface area contributed by atoms with Crippen molar-refractivity contribution in [2.75, 3.05) is 13.1 Å². The summed E-state index contributed by atoms with van der Waals surface area (Å²) in [6.45, 7) is 9.33. The van der Waals surface area contributed by atoms with Crippen LogP contribution in [0.4, 0.5) is 4.79 Å². The Morgan fingerprint density at radius 2 is 2.08 bits per heavy atom. The van der Waals surface area contributed by atoms with Crippen LogP contribution in [0.25, 0.3) is 11.0 Å². The average molecular weight is 329 g/mol. The van der Waals surface area contributed by atoms with Gasteiger partial charge in [0.05, 0.1) is 11.2 Å². The Hall–Kier alpha value is -2.12. The van der Waals surface area contributed by atoms with Crippen molar-refractivity contribution in [2.24, 2.45) is 0 Å². The highest BCUT2D eigenvalue weighted by Crippen LogP contribution is 2.26. The molecule has 0 aliphatic carbocycles. The summed E-state index contributed by atoms with van der Waals surface area (Å²) in [5.41, 5.74) is 0.901. The normalized spacial score (nSPS) is 19.0. The standard InChI is InChI=1S/C16H24BN5O2/c1-9-11-13(22(20-9)16(2,3)4)18-12(19-14(11)23)10-6-5-7-21(8-10)15(17)24/h10H,5-8,17H2,1-4H3,(H,18,19,23). The van der Waals surface area contributed by atoms with Crippen LogP contribution in [-0.2, 0) is 5.54 Å². The topological polar surface area (TPSA) is 83.9 Å². The largest absolute Gasteiger partial charge is 0.351 e. The van der Waals surface area contributed by atoms with Gasteiger partial charge in [-0.05, 0) is 40.5 Å². The molecule has 2 aromatic rings. The molecule has 1 saturated heterocycles. The highest BCUT2D eigenvalue weighted by Gasteiger charge is 2.27. The fourth-order valence-corrected chi connectivity index (χ4v) is 3.35. The molecule has 1 atom stereocenters. The van der Waals surface area contributed by atoms with E-state index in [-0.39, 0.29) is 22.8 Å². The van der Waals surface area contributed by atoms with Crippen LogP contribution in [0.5, 0.6) is 0 Å². The molecule has 0 radical (unpaired) electrons. The smallest absolute Gasteiger partial charge is 0.262 e. The molecule has 8 heteroatoms. The predicted molar refractivity (Wildman–Crippen MR) is 95.4 cm³/mol. The van der Waals surface area contributed by atoms with E-state index in [0.29, 0.717) is 29.1 Å². The van der Waals surface area contributed by atoms with Crippen molar-refractivity contribution in [3.05, 3.63) is 21.9 Å². The molecule has 1 N–H and O–H groups in total. The van der Waals surface area contributed by atoms with Gasteiger partial charge < -0.3 is 9.88 Å². The minimum Gasteiger partial charge on any atom is -0.351 e. The Morgan fingerprint density at radius 1 is 1.38 bits per heavy atom. The zero-order chi connectivity index (χ0) is 17.6. The number of carbonyl (C=O) groups excluding carboxylic acids is 1. The highest BCUT2D eigenvalue weighted by molar-refractivity contribution is 6.56. The lowest BCUT2D eigenvalue weighted by Crippen LogP contribution is -2.39. The molecule has 1 fully saturated rings. The third kappa shape index (κ3) is 2.85. The van der Waals surface area contributed by atoms with Gasteiger partial charge in [0, 0.05) is 19.0 Å². The number of amides is 1. The molecule has 3 rings (SSSR count). The van der Waals surface area contributed by atoms with Gasteiger partial charge in [-0.1, -0.05) is 0 Å². The van der Waals surface area contributed by atoms with E-state index in [1.165, 1.54) is 0 Å². The van der Waals surface area contributed by atoms with Gasteiger partial charge in [-0.2, -0.15) is 5.10 Å². The van der Waals surface area contributed by atoms with Crippen LogP contribution in [0.15, 0.2) is 4.79 Å². The third-order valence-corrected chi connectivity index (χ3v) is 4.62. The summed E-state index contributed by atoms with van der Waals surface area (Å²) >= 11 is 0. The molecule has 7 nitrogen and oxygen atoms in total. The fraction of sp³-hybridized carbons (Fsp3) is 0.625. The Morgan fingerprint density at radius 3 is 2.71 bits per heavy atom. The van der Waals surface area contributed by atoms with Gasteiger partial charge in [0.15, 0.2) is 11.5 Å². The number of nitrogens with one attached hydrogen (secondary N) is 1. The quantitative estimate of drug-likeness (QED) is 0.795. The Balaban J connectivity index is 2.10. The molecule has 1 amide bonds. The van der Waals surface area contributed by atoms with E-state index in [2.05, 4.69) is 10.1 Å². The van der Waals surface area contributed by atoms with E-state index < -0.39 is 0 Å². The number of likely N-dealkylation sites (tertiary alicyclic amines) is 1. The van der Waals surface area contributed by atoms with Crippen molar-refractivity contribution in [3.63, 3.8) is 0 Å². The lowest BCUT2D eigenvalue weighted by atomic mass is 9.95. The summed E-state index contributed by atoms with van der Waals surface area (Å²) in [7, 11) is 1.58. The van der Waals surface area contributed by atoms with Crippen LogP contribution in [0.3, 0.4) is 0 Å². The van der Waals surface area contributed by atoms with Gasteiger partial charge in [-0.15, -0.1) is 0 Å². The van der Waals surface area contributed by atoms with E-state index in [1.54, 1.807) is 7.85 Å². The number of aromatic nitrogens is 4. The number of piperidine rings is 1. The molecule has 2 aromatic heterocycles. The van der Waals surface area contributed by atoms with Crippen molar-refractivity contribution in [3.8, 4) is 0 Å². The summed E-state index contributed by atoms with van der Waals surface area (Å²) in [4.78, 5) is 33.8. The van der Waals surface area contributed by atoms with Crippen LogP contribution in [0, 0.1) is 6.92 Å². The molecule has 1 aliphatic heterocycles. The van der Waals surface area contributed by atoms with Crippen molar-refractivity contribution >= 4 is 24.7 Å². The summed E-state index contributed by atoms with van der Waals surface area (Å²) in [5.74, 6) is 0.783. The highest BCUT2D eigenvalue weighted by atomic mass is 16.1. The summed E-state index contributed by atoms with van der Waals surface area (Å²) in [6, 6.07) is 0. The Kier molecular flexibility index (Phi) is 4.01. The first-order valence-corrected chi connectivity index (χ1v) is 8.44. The molecular formula is C16H24BN5O2. The minimum absolute atomic E-state index is 0.0587. The van der Waals surface area contributed by atoms with Gasteiger partial charge in [-0.25, -0.2) is 9.67 Å². The number of H-pyrrole nitrogens is 1. The molecule has 3 heterocycles. The molecule has 0 saturated carbocycles. The number of hydrogen-bond acceptors (Lipinski definition) is 4. The number of rotatable bonds is 1. The van der Waals surface area contributed by atoms with Gasteiger partial charge in [-0.3, -0.25) is 9.59 Å². The first-order valence-electron chi connectivity index (χ1n) is 8.44. The average Bonchev–Trinajstić information content (AvgIpc) is 2.85. The molecule has 0 aromatic carbocycles. The van der Waals surface area contributed by atoms with Gasteiger partial charge in [0.1, 0.15) is 11.2 Å². The van der Waals surface area contributed by atoms with Crippen molar-refractivity contribution in [1.29, 1.82) is 0 Å². The van der Waals surface area contributed by atoms with Crippen LogP contribution in [-0.4, -0.2) is 51.4 Å². The summed E-state index contributed by atoms with van der Waals surface area (Å²) in [5, 5.41) is 5.07. The van der Waals surface area contributed by atoms with Crippen LogP contribution < -0.4 is 5.56 Å². The number of hydrogen-bond donors (Lipinski definition) is 1. The zero-order valence-corrected chi connectivity index (χ0v) is 15.0. The maximum atomic E-state index is 12.6. The van der Waals surface area contributed by atoms with E-state index in [4.69, 9.17) is 4.98 Å². The zero-order valence-electron chi connectivity index (χ0n) is 15.0. The van der Waals surface area contributed by atoms with Crippen LogP contribution in [0.2, 0.25) is 0 Å².